The van der Waals surface area contributed by atoms with Crippen LogP contribution in [0.5, 0.6) is 0 Å². The maximum atomic E-state index is 12.4. The molecule has 0 saturated carbocycles. The molecule has 1 rings (SSSR count). The largest absolute Gasteiger partial charge is 0.309 e. The highest BCUT2D eigenvalue weighted by Crippen LogP contribution is 2.19. The number of hydrogen-bond donors (Lipinski definition) is 1. The highest BCUT2D eigenvalue weighted by Gasteiger charge is 2.06. The molecule has 16 heavy (non-hydrogen) atoms. The SMILES string of the molecule is CC(C)=CCNCc1cccc(C(F)F)c1. The fourth-order valence-electron chi connectivity index (χ4n) is 1.33. The minimum absolute atomic E-state index is 0.0847. The van der Waals surface area contributed by atoms with Crippen molar-refractivity contribution < 1.29 is 8.78 Å². The van der Waals surface area contributed by atoms with E-state index in [2.05, 4.69) is 11.4 Å². The normalized spacial score (nSPS) is 10.6. The number of rotatable bonds is 5. The van der Waals surface area contributed by atoms with Crippen molar-refractivity contribution in [1.82, 2.24) is 5.32 Å². The Morgan fingerprint density at radius 1 is 1.38 bits per heavy atom. The van der Waals surface area contributed by atoms with Crippen LogP contribution in [0.25, 0.3) is 0 Å². The standard InChI is InChI=1S/C13H17F2N/c1-10(2)6-7-16-9-11-4-3-5-12(8-11)13(14)15/h3-6,8,13,16H,7,9H2,1-2H3. The van der Waals surface area contributed by atoms with Gasteiger partial charge < -0.3 is 5.32 Å². The molecule has 0 aliphatic rings. The molecule has 1 aromatic carbocycles. The second-order valence-corrected chi connectivity index (χ2v) is 3.96. The zero-order valence-electron chi connectivity index (χ0n) is 9.63. The lowest BCUT2D eigenvalue weighted by atomic mass is 10.1. The lowest BCUT2D eigenvalue weighted by Gasteiger charge is -2.05. The minimum Gasteiger partial charge on any atom is -0.309 e. The van der Waals surface area contributed by atoms with Crippen molar-refractivity contribution >= 4 is 0 Å². The van der Waals surface area contributed by atoms with Gasteiger partial charge >= 0.3 is 0 Å². The minimum atomic E-state index is -2.39. The molecule has 1 aromatic rings. The number of alkyl halides is 2. The van der Waals surface area contributed by atoms with E-state index in [0.717, 1.165) is 12.1 Å². The number of hydrogen-bond acceptors (Lipinski definition) is 1. The van der Waals surface area contributed by atoms with E-state index in [0.29, 0.717) is 6.54 Å². The van der Waals surface area contributed by atoms with Crippen LogP contribution in [0, 0.1) is 0 Å². The average molecular weight is 225 g/mol. The van der Waals surface area contributed by atoms with Gasteiger partial charge in [-0.3, -0.25) is 0 Å². The molecule has 0 saturated heterocycles. The van der Waals surface area contributed by atoms with Gasteiger partial charge in [0, 0.05) is 18.7 Å². The van der Waals surface area contributed by atoms with Crippen molar-refractivity contribution in [2.24, 2.45) is 0 Å². The molecule has 88 valence electrons. The van der Waals surface area contributed by atoms with Gasteiger partial charge in [0.2, 0.25) is 0 Å². The first-order valence-corrected chi connectivity index (χ1v) is 5.30. The summed E-state index contributed by atoms with van der Waals surface area (Å²) in [5.74, 6) is 0. The van der Waals surface area contributed by atoms with Gasteiger partial charge in [-0.15, -0.1) is 0 Å². The summed E-state index contributed by atoms with van der Waals surface area (Å²) in [6.45, 7) is 5.43. The van der Waals surface area contributed by atoms with Crippen molar-refractivity contribution in [3.05, 3.63) is 47.0 Å². The highest BCUT2D eigenvalue weighted by molar-refractivity contribution is 5.24. The third-order valence-corrected chi connectivity index (χ3v) is 2.19. The molecule has 0 amide bonds. The highest BCUT2D eigenvalue weighted by atomic mass is 19.3. The molecule has 0 atom stereocenters. The third kappa shape index (κ3) is 4.53. The van der Waals surface area contributed by atoms with Crippen LogP contribution in [-0.4, -0.2) is 6.54 Å². The zero-order valence-corrected chi connectivity index (χ0v) is 9.63. The first kappa shape index (κ1) is 12.8. The molecule has 0 heterocycles. The first-order valence-electron chi connectivity index (χ1n) is 5.30. The molecule has 0 aromatic heterocycles. The van der Waals surface area contributed by atoms with E-state index in [-0.39, 0.29) is 5.56 Å². The molecule has 3 heteroatoms. The van der Waals surface area contributed by atoms with Crippen molar-refractivity contribution in [3.8, 4) is 0 Å². The Morgan fingerprint density at radius 3 is 2.75 bits per heavy atom. The average Bonchev–Trinajstić information content (AvgIpc) is 2.24. The van der Waals surface area contributed by atoms with Gasteiger partial charge in [-0.1, -0.05) is 29.8 Å². The third-order valence-electron chi connectivity index (χ3n) is 2.19. The van der Waals surface area contributed by atoms with E-state index in [1.165, 1.54) is 11.6 Å². The summed E-state index contributed by atoms with van der Waals surface area (Å²) >= 11 is 0. The first-order chi connectivity index (χ1) is 7.59. The van der Waals surface area contributed by atoms with Crippen LogP contribution in [0.2, 0.25) is 0 Å². The summed E-state index contributed by atoms with van der Waals surface area (Å²) in [5.41, 5.74) is 2.22. The monoisotopic (exact) mass is 225 g/mol. The Labute approximate surface area is 95.2 Å². The lowest BCUT2D eigenvalue weighted by Crippen LogP contribution is -2.13. The summed E-state index contributed by atoms with van der Waals surface area (Å²) < 4.78 is 24.8. The predicted molar refractivity (Wildman–Crippen MR) is 62.5 cm³/mol. The molecule has 0 radical (unpaired) electrons. The van der Waals surface area contributed by atoms with E-state index in [4.69, 9.17) is 0 Å². The fourth-order valence-corrected chi connectivity index (χ4v) is 1.33. The topological polar surface area (TPSA) is 12.0 Å². The number of nitrogens with one attached hydrogen (secondary N) is 1. The fraction of sp³-hybridized carbons (Fsp3) is 0.385. The van der Waals surface area contributed by atoms with E-state index in [9.17, 15) is 8.78 Å². The van der Waals surface area contributed by atoms with Gasteiger partial charge in [0.25, 0.3) is 6.43 Å². The Hall–Kier alpha value is -1.22. The molecular formula is C13H17F2N. The van der Waals surface area contributed by atoms with Gasteiger partial charge in [-0.25, -0.2) is 8.78 Å². The summed E-state index contributed by atoms with van der Waals surface area (Å²) in [6, 6.07) is 6.51. The summed E-state index contributed by atoms with van der Waals surface area (Å²) in [5, 5.41) is 3.18. The van der Waals surface area contributed by atoms with Crippen LogP contribution in [-0.2, 0) is 6.54 Å². The maximum absolute atomic E-state index is 12.4. The van der Waals surface area contributed by atoms with Gasteiger partial charge in [-0.05, 0) is 25.5 Å². The van der Waals surface area contributed by atoms with E-state index < -0.39 is 6.43 Å². The molecular weight excluding hydrogens is 208 g/mol. The molecule has 1 nitrogen and oxygen atoms in total. The second kappa shape index (κ2) is 6.38. The Balaban J connectivity index is 2.48. The molecule has 0 aliphatic heterocycles. The van der Waals surface area contributed by atoms with Crippen LogP contribution < -0.4 is 5.32 Å². The van der Waals surface area contributed by atoms with Crippen LogP contribution in [0.1, 0.15) is 31.4 Å². The van der Waals surface area contributed by atoms with Crippen molar-refractivity contribution in [2.75, 3.05) is 6.54 Å². The zero-order chi connectivity index (χ0) is 12.0. The molecule has 1 N–H and O–H groups in total. The second-order valence-electron chi connectivity index (χ2n) is 3.96. The molecule has 0 aliphatic carbocycles. The quantitative estimate of drug-likeness (QED) is 0.595. The summed E-state index contributed by atoms with van der Waals surface area (Å²) in [7, 11) is 0. The van der Waals surface area contributed by atoms with Gasteiger partial charge in [0.1, 0.15) is 0 Å². The number of benzene rings is 1. The molecule has 0 bridgehead atoms. The molecule has 0 unspecified atom stereocenters. The lowest BCUT2D eigenvalue weighted by molar-refractivity contribution is 0.151. The van der Waals surface area contributed by atoms with Crippen LogP contribution in [0.4, 0.5) is 8.78 Å². The van der Waals surface area contributed by atoms with Crippen LogP contribution >= 0.6 is 0 Å². The predicted octanol–water partition coefficient (Wildman–Crippen LogP) is 3.68. The van der Waals surface area contributed by atoms with Crippen LogP contribution in [0.15, 0.2) is 35.9 Å². The van der Waals surface area contributed by atoms with Crippen molar-refractivity contribution in [2.45, 2.75) is 26.8 Å². The molecule has 0 fully saturated rings. The smallest absolute Gasteiger partial charge is 0.263 e. The van der Waals surface area contributed by atoms with Crippen LogP contribution in [0.3, 0.4) is 0 Å². The maximum Gasteiger partial charge on any atom is 0.263 e. The molecule has 0 spiro atoms. The Morgan fingerprint density at radius 2 is 2.12 bits per heavy atom. The Kier molecular flexibility index (Phi) is 5.12. The van der Waals surface area contributed by atoms with Crippen molar-refractivity contribution in [3.63, 3.8) is 0 Å². The van der Waals surface area contributed by atoms with Gasteiger partial charge in [0.15, 0.2) is 0 Å². The number of halogens is 2. The van der Waals surface area contributed by atoms with E-state index in [1.54, 1.807) is 12.1 Å². The number of allylic oxidation sites excluding steroid dienone is 1. The van der Waals surface area contributed by atoms with Gasteiger partial charge in [-0.2, -0.15) is 0 Å². The van der Waals surface area contributed by atoms with Gasteiger partial charge in [0.05, 0.1) is 0 Å². The summed E-state index contributed by atoms with van der Waals surface area (Å²) in [4.78, 5) is 0. The van der Waals surface area contributed by atoms with E-state index >= 15 is 0 Å². The van der Waals surface area contributed by atoms with Crippen molar-refractivity contribution in [1.29, 1.82) is 0 Å². The Bertz CT molecular complexity index is 355. The van der Waals surface area contributed by atoms with E-state index in [1.807, 2.05) is 19.9 Å². The summed E-state index contributed by atoms with van der Waals surface area (Å²) in [6.07, 6.45) is -0.325.